The van der Waals surface area contributed by atoms with Crippen LogP contribution >= 0.6 is 0 Å². The number of anilines is 1. The molecule has 0 radical (unpaired) electrons. The second kappa shape index (κ2) is 6.75. The van der Waals surface area contributed by atoms with Crippen molar-refractivity contribution in [3.05, 3.63) is 29.8 Å². The van der Waals surface area contributed by atoms with Crippen LogP contribution in [0.15, 0.2) is 24.3 Å². The van der Waals surface area contributed by atoms with Crippen molar-refractivity contribution in [3.8, 4) is 0 Å². The third kappa shape index (κ3) is 6.02. The molecule has 18 heavy (non-hydrogen) atoms. The highest BCUT2D eigenvalue weighted by molar-refractivity contribution is 7.90. The Bertz CT molecular complexity index is 471. The van der Waals surface area contributed by atoms with E-state index in [4.69, 9.17) is 5.11 Å². The molecule has 0 aliphatic heterocycles. The summed E-state index contributed by atoms with van der Waals surface area (Å²) in [5.41, 5.74) is 2.06. The number of rotatable bonds is 7. The zero-order valence-electron chi connectivity index (χ0n) is 10.9. The highest BCUT2D eigenvalue weighted by Gasteiger charge is 2.10. The lowest BCUT2D eigenvalue weighted by atomic mass is 10.1. The van der Waals surface area contributed by atoms with Crippen LogP contribution in [-0.4, -0.2) is 38.2 Å². The van der Waals surface area contributed by atoms with E-state index in [1.807, 2.05) is 31.2 Å². The number of sulfone groups is 1. The van der Waals surface area contributed by atoms with Crippen molar-refractivity contribution in [1.82, 2.24) is 0 Å². The van der Waals surface area contributed by atoms with Crippen LogP contribution in [0.5, 0.6) is 0 Å². The fraction of sp³-hybridized carbons (Fsp3) is 0.538. The van der Waals surface area contributed by atoms with Gasteiger partial charge < -0.3 is 10.4 Å². The Kier molecular flexibility index (Phi) is 5.62. The maximum Gasteiger partial charge on any atom is 0.149 e. The molecule has 0 aromatic heterocycles. The summed E-state index contributed by atoms with van der Waals surface area (Å²) in [4.78, 5) is 0. The van der Waals surface area contributed by atoms with Crippen LogP contribution in [0.2, 0.25) is 0 Å². The Balaban J connectivity index is 2.61. The van der Waals surface area contributed by atoms with Crippen molar-refractivity contribution in [2.45, 2.75) is 25.8 Å². The Labute approximate surface area is 109 Å². The smallest absolute Gasteiger partial charge is 0.149 e. The molecule has 0 aliphatic rings. The molecule has 0 saturated carbocycles. The molecule has 0 fully saturated rings. The summed E-state index contributed by atoms with van der Waals surface area (Å²) in [6.07, 6.45) is 2.80. The number of benzene rings is 1. The van der Waals surface area contributed by atoms with Crippen LogP contribution in [0.25, 0.3) is 0 Å². The maximum atomic E-state index is 11.2. The summed E-state index contributed by atoms with van der Waals surface area (Å²) < 4.78 is 22.3. The lowest BCUT2D eigenvalue weighted by Gasteiger charge is -2.15. The summed E-state index contributed by atoms with van der Waals surface area (Å²) in [5, 5.41) is 12.0. The summed E-state index contributed by atoms with van der Waals surface area (Å²) in [6.45, 7) is 2.03. The van der Waals surface area contributed by atoms with Gasteiger partial charge in [0.25, 0.3) is 0 Å². The van der Waals surface area contributed by atoms with Crippen LogP contribution in [0.3, 0.4) is 0 Å². The predicted octanol–water partition coefficient (Wildman–Crippen LogP) is 1.46. The molecule has 1 unspecified atom stereocenters. The van der Waals surface area contributed by atoms with E-state index in [2.05, 4.69) is 5.32 Å². The maximum absolute atomic E-state index is 11.2. The summed E-state index contributed by atoms with van der Waals surface area (Å²) in [5.74, 6) is 0.119. The van der Waals surface area contributed by atoms with Gasteiger partial charge in [-0.2, -0.15) is 0 Å². The molecule has 4 nitrogen and oxygen atoms in total. The first kappa shape index (κ1) is 15.0. The van der Waals surface area contributed by atoms with Gasteiger partial charge in [-0.05, 0) is 37.5 Å². The SMILES string of the molecule is CC(CS(C)(=O)=O)Nc1cccc(CCCO)c1. The Morgan fingerprint density at radius 2 is 2.11 bits per heavy atom. The molecule has 0 aliphatic carbocycles. The highest BCUT2D eigenvalue weighted by Crippen LogP contribution is 2.13. The molecule has 1 atom stereocenters. The molecule has 102 valence electrons. The van der Waals surface area contributed by atoms with Gasteiger partial charge in [0.05, 0.1) is 5.75 Å². The average Bonchev–Trinajstić information content (AvgIpc) is 2.24. The third-order valence-corrected chi connectivity index (χ3v) is 3.62. The first-order chi connectivity index (χ1) is 8.40. The fourth-order valence-corrected chi connectivity index (χ4v) is 2.87. The van der Waals surface area contributed by atoms with Crippen LogP contribution in [0, 0.1) is 0 Å². The van der Waals surface area contributed by atoms with Crippen LogP contribution < -0.4 is 5.32 Å². The van der Waals surface area contributed by atoms with E-state index in [9.17, 15) is 8.42 Å². The topological polar surface area (TPSA) is 66.4 Å². The van der Waals surface area contributed by atoms with E-state index < -0.39 is 9.84 Å². The van der Waals surface area contributed by atoms with Gasteiger partial charge in [0.15, 0.2) is 0 Å². The highest BCUT2D eigenvalue weighted by atomic mass is 32.2. The van der Waals surface area contributed by atoms with Gasteiger partial charge in [-0.15, -0.1) is 0 Å². The Morgan fingerprint density at radius 1 is 1.39 bits per heavy atom. The Morgan fingerprint density at radius 3 is 2.72 bits per heavy atom. The van der Waals surface area contributed by atoms with E-state index >= 15 is 0 Å². The molecular formula is C13H21NO3S. The second-order valence-corrected chi connectivity index (χ2v) is 6.85. The van der Waals surface area contributed by atoms with E-state index in [0.717, 1.165) is 24.1 Å². The summed E-state index contributed by atoms with van der Waals surface area (Å²) in [7, 11) is -2.96. The standard InChI is InChI=1S/C13H21NO3S/c1-11(10-18(2,16)17)14-13-7-3-5-12(9-13)6-4-8-15/h3,5,7,9,11,14-15H,4,6,8,10H2,1-2H3. The first-order valence-corrected chi connectivity index (χ1v) is 8.11. The van der Waals surface area contributed by atoms with E-state index in [1.165, 1.54) is 6.26 Å². The number of aliphatic hydroxyl groups is 1. The van der Waals surface area contributed by atoms with Crippen molar-refractivity contribution in [2.75, 3.05) is 23.9 Å². The van der Waals surface area contributed by atoms with Crippen molar-refractivity contribution < 1.29 is 13.5 Å². The number of aliphatic hydroxyl groups excluding tert-OH is 1. The van der Waals surface area contributed by atoms with Crippen molar-refractivity contribution in [1.29, 1.82) is 0 Å². The number of nitrogens with one attached hydrogen (secondary N) is 1. The van der Waals surface area contributed by atoms with Gasteiger partial charge in [0.1, 0.15) is 9.84 Å². The zero-order valence-corrected chi connectivity index (χ0v) is 11.7. The quantitative estimate of drug-likeness (QED) is 0.788. The van der Waals surface area contributed by atoms with Crippen molar-refractivity contribution >= 4 is 15.5 Å². The second-order valence-electron chi connectivity index (χ2n) is 4.67. The van der Waals surface area contributed by atoms with E-state index in [1.54, 1.807) is 0 Å². The summed E-state index contributed by atoms with van der Waals surface area (Å²) in [6, 6.07) is 7.73. The molecule has 1 aromatic carbocycles. The minimum absolute atomic E-state index is 0.118. The molecule has 0 bridgehead atoms. The van der Waals surface area contributed by atoms with Gasteiger partial charge in [-0.25, -0.2) is 8.42 Å². The molecule has 0 heterocycles. The van der Waals surface area contributed by atoms with Crippen LogP contribution in [-0.2, 0) is 16.3 Å². The van der Waals surface area contributed by atoms with Crippen LogP contribution in [0.1, 0.15) is 18.9 Å². The average molecular weight is 271 g/mol. The molecule has 0 saturated heterocycles. The minimum Gasteiger partial charge on any atom is -0.396 e. The van der Waals surface area contributed by atoms with Gasteiger partial charge in [-0.1, -0.05) is 12.1 Å². The molecule has 0 spiro atoms. The summed E-state index contributed by atoms with van der Waals surface area (Å²) >= 11 is 0. The van der Waals surface area contributed by atoms with E-state index in [0.29, 0.717) is 0 Å². The van der Waals surface area contributed by atoms with Gasteiger partial charge in [-0.3, -0.25) is 0 Å². The Hall–Kier alpha value is -1.07. The zero-order chi connectivity index (χ0) is 13.6. The van der Waals surface area contributed by atoms with Gasteiger partial charge >= 0.3 is 0 Å². The lowest BCUT2D eigenvalue weighted by Crippen LogP contribution is -2.24. The molecule has 1 rings (SSSR count). The number of aryl methyl sites for hydroxylation is 1. The van der Waals surface area contributed by atoms with E-state index in [-0.39, 0.29) is 18.4 Å². The normalized spacial score (nSPS) is 13.3. The largest absolute Gasteiger partial charge is 0.396 e. The monoisotopic (exact) mass is 271 g/mol. The molecule has 2 N–H and O–H groups in total. The van der Waals surface area contributed by atoms with Gasteiger partial charge in [0.2, 0.25) is 0 Å². The van der Waals surface area contributed by atoms with Crippen molar-refractivity contribution in [3.63, 3.8) is 0 Å². The molecular weight excluding hydrogens is 250 g/mol. The fourth-order valence-electron chi connectivity index (χ4n) is 1.88. The molecule has 5 heteroatoms. The lowest BCUT2D eigenvalue weighted by molar-refractivity contribution is 0.288. The minimum atomic E-state index is -2.96. The molecule has 1 aromatic rings. The molecule has 0 amide bonds. The van der Waals surface area contributed by atoms with Crippen LogP contribution in [0.4, 0.5) is 5.69 Å². The first-order valence-electron chi connectivity index (χ1n) is 6.05. The van der Waals surface area contributed by atoms with Gasteiger partial charge in [0, 0.05) is 24.6 Å². The third-order valence-electron chi connectivity index (χ3n) is 2.52. The number of hydrogen-bond acceptors (Lipinski definition) is 4. The predicted molar refractivity (Wildman–Crippen MR) is 74.6 cm³/mol. The van der Waals surface area contributed by atoms with Crippen molar-refractivity contribution in [2.24, 2.45) is 0 Å². The number of hydrogen-bond donors (Lipinski definition) is 2.